The number of nitro benzene ring substituents is 1. The summed E-state index contributed by atoms with van der Waals surface area (Å²) in [5, 5.41) is 13.5. The summed E-state index contributed by atoms with van der Waals surface area (Å²) in [5.41, 5.74) is 0.485. The molecule has 0 aliphatic heterocycles. The summed E-state index contributed by atoms with van der Waals surface area (Å²) >= 11 is 0. The van der Waals surface area contributed by atoms with Crippen LogP contribution in [0.1, 0.15) is 10.4 Å². The highest BCUT2D eigenvalue weighted by molar-refractivity contribution is 7.87. The first kappa shape index (κ1) is 19.0. The molecule has 0 saturated heterocycles. The second kappa shape index (κ2) is 7.84. The van der Waals surface area contributed by atoms with Crippen LogP contribution >= 0.6 is 0 Å². The predicted molar refractivity (Wildman–Crippen MR) is 99.5 cm³/mol. The molecule has 10 heteroatoms. The molecule has 28 heavy (non-hydrogen) atoms. The highest BCUT2D eigenvalue weighted by atomic mass is 32.2. The Morgan fingerprint density at radius 2 is 1.71 bits per heavy atom. The van der Waals surface area contributed by atoms with Gasteiger partial charge in [0.15, 0.2) is 0 Å². The number of nitrogens with zero attached hydrogens (tertiary/aromatic N) is 2. The van der Waals surface area contributed by atoms with E-state index in [-0.39, 0.29) is 27.8 Å². The van der Waals surface area contributed by atoms with E-state index in [2.05, 4.69) is 10.3 Å². The normalized spacial score (nSPS) is 10.9. The van der Waals surface area contributed by atoms with Gasteiger partial charge in [-0.1, -0.05) is 6.07 Å². The van der Waals surface area contributed by atoms with Crippen LogP contribution in [0.3, 0.4) is 0 Å². The van der Waals surface area contributed by atoms with Crippen LogP contribution in [0, 0.1) is 10.1 Å². The van der Waals surface area contributed by atoms with Gasteiger partial charge in [-0.3, -0.25) is 19.9 Å². The van der Waals surface area contributed by atoms with Crippen molar-refractivity contribution in [2.75, 3.05) is 5.32 Å². The van der Waals surface area contributed by atoms with E-state index in [0.29, 0.717) is 5.69 Å². The first-order valence-electron chi connectivity index (χ1n) is 7.85. The number of carbonyl (C=O) groups is 1. The molecule has 0 spiro atoms. The fourth-order valence-electron chi connectivity index (χ4n) is 2.23. The van der Waals surface area contributed by atoms with E-state index in [0.717, 1.165) is 6.07 Å². The number of hydrogen-bond acceptors (Lipinski definition) is 7. The van der Waals surface area contributed by atoms with E-state index in [9.17, 15) is 23.3 Å². The summed E-state index contributed by atoms with van der Waals surface area (Å²) in [5.74, 6) is -0.425. The summed E-state index contributed by atoms with van der Waals surface area (Å²) in [4.78, 5) is 25.8. The Kier molecular flexibility index (Phi) is 5.32. The quantitative estimate of drug-likeness (QED) is 0.383. The molecule has 3 rings (SSSR count). The summed E-state index contributed by atoms with van der Waals surface area (Å²) in [6.45, 7) is 0. The Morgan fingerprint density at radius 1 is 1.04 bits per heavy atom. The van der Waals surface area contributed by atoms with Crippen molar-refractivity contribution in [3.63, 3.8) is 0 Å². The number of carbonyl (C=O) groups excluding carboxylic acids is 1. The molecule has 3 aromatic rings. The Bertz CT molecular complexity index is 1120. The van der Waals surface area contributed by atoms with Gasteiger partial charge in [-0.15, -0.1) is 0 Å². The van der Waals surface area contributed by atoms with Crippen LogP contribution in [0.15, 0.2) is 78.0 Å². The molecule has 0 unspecified atom stereocenters. The van der Waals surface area contributed by atoms with Gasteiger partial charge in [0.25, 0.3) is 11.6 Å². The summed E-state index contributed by atoms with van der Waals surface area (Å²) in [6, 6.07) is 13.2. The number of pyridine rings is 1. The number of rotatable bonds is 6. The fourth-order valence-corrected chi connectivity index (χ4v) is 3.20. The third-order valence-electron chi connectivity index (χ3n) is 3.58. The highest BCUT2D eigenvalue weighted by Crippen LogP contribution is 2.22. The molecule has 0 aliphatic rings. The smallest absolute Gasteiger partial charge is 0.339 e. The lowest BCUT2D eigenvalue weighted by Gasteiger charge is -2.08. The number of non-ortho nitro benzene ring substituents is 1. The molecule has 0 saturated carbocycles. The molecule has 0 radical (unpaired) electrons. The Balaban J connectivity index is 1.74. The first-order valence-corrected chi connectivity index (χ1v) is 9.26. The van der Waals surface area contributed by atoms with E-state index in [4.69, 9.17) is 4.18 Å². The molecule has 0 fully saturated rings. The third kappa shape index (κ3) is 4.48. The molecule has 0 atom stereocenters. The van der Waals surface area contributed by atoms with Crippen molar-refractivity contribution >= 4 is 27.4 Å². The predicted octanol–water partition coefficient (Wildman–Crippen LogP) is 3.01. The van der Waals surface area contributed by atoms with Crippen LogP contribution < -0.4 is 9.50 Å². The van der Waals surface area contributed by atoms with Crippen molar-refractivity contribution in [2.45, 2.75) is 4.90 Å². The molecule has 1 heterocycles. The minimum Gasteiger partial charge on any atom is -0.379 e. The van der Waals surface area contributed by atoms with Crippen molar-refractivity contribution in [3.8, 4) is 5.75 Å². The number of nitro groups is 1. The number of aromatic nitrogens is 1. The van der Waals surface area contributed by atoms with Crippen LogP contribution in [0.2, 0.25) is 0 Å². The van der Waals surface area contributed by atoms with Crippen LogP contribution in [0.25, 0.3) is 0 Å². The van der Waals surface area contributed by atoms with Gasteiger partial charge in [0.1, 0.15) is 10.6 Å². The van der Waals surface area contributed by atoms with Crippen LogP contribution in [0.5, 0.6) is 5.75 Å². The zero-order valence-corrected chi connectivity index (χ0v) is 15.0. The minimum atomic E-state index is -4.26. The monoisotopic (exact) mass is 399 g/mol. The van der Waals surface area contributed by atoms with Crippen molar-refractivity contribution in [3.05, 3.63) is 88.7 Å². The van der Waals surface area contributed by atoms with Gasteiger partial charge < -0.3 is 9.50 Å². The molecular weight excluding hydrogens is 386 g/mol. The van der Waals surface area contributed by atoms with E-state index >= 15 is 0 Å². The van der Waals surface area contributed by atoms with Crippen molar-refractivity contribution in [1.29, 1.82) is 0 Å². The number of amides is 1. The van der Waals surface area contributed by atoms with Gasteiger partial charge in [0.2, 0.25) is 0 Å². The summed E-state index contributed by atoms with van der Waals surface area (Å²) < 4.78 is 29.6. The van der Waals surface area contributed by atoms with Crippen LogP contribution in [0.4, 0.5) is 11.4 Å². The summed E-state index contributed by atoms with van der Waals surface area (Å²) in [6.07, 6.45) is 3.07. The fraction of sp³-hybridized carbons (Fsp3) is 0. The third-order valence-corrected chi connectivity index (χ3v) is 4.82. The van der Waals surface area contributed by atoms with Crippen molar-refractivity contribution < 1.29 is 22.3 Å². The standard InChI is InChI=1S/C18H13N3O6S/c22-18(20-14-8-10-19-11-9-14)13-4-6-16(7-5-13)27-28(25,26)17-3-1-2-15(12-17)21(23)24/h1-12H,(H,19,20,22). The maximum absolute atomic E-state index is 12.3. The zero-order valence-electron chi connectivity index (χ0n) is 14.2. The molecule has 1 N–H and O–H groups in total. The van der Waals surface area contributed by atoms with E-state index in [1.165, 1.54) is 54.9 Å². The molecule has 2 aromatic carbocycles. The number of anilines is 1. The maximum Gasteiger partial charge on any atom is 0.339 e. The van der Waals surface area contributed by atoms with Gasteiger partial charge in [-0.05, 0) is 42.5 Å². The lowest BCUT2D eigenvalue weighted by Crippen LogP contribution is -2.12. The van der Waals surface area contributed by atoms with Crippen LogP contribution in [-0.2, 0) is 10.1 Å². The second-order valence-corrected chi connectivity index (χ2v) is 7.05. The van der Waals surface area contributed by atoms with E-state index < -0.39 is 15.0 Å². The van der Waals surface area contributed by atoms with Gasteiger partial charge in [0.05, 0.1) is 4.92 Å². The molecule has 1 aromatic heterocycles. The highest BCUT2D eigenvalue weighted by Gasteiger charge is 2.20. The molecule has 1 amide bonds. The average Bonchev–Trinajstić information content (AvgIpc) is 2.69. The summed E-state index contributed by atoms with van der Waals surface area (Å²) in [7, 11) is -4.26. The van der Waals surface area contributed by atoms with Gasteiger partial charge in [-0.2, -0.15) is 8.42 Å². The second-order valence-electron chi connectivity index (χ2n) is 5.51. The molecule has 9 nitrogen and oxygen atoms in total. The SMILES string of the molecule is O=C(Nc1ccncc1)c1ccc(OS(=O)(=O)c2cccc([N+](=O)[O-])c2)cc1. The number of nitrogens with one attached hydrogen (secondary N) is 1. The van der Waals surface area contributed by atoms with E-state index in [1.54, 1.807) is 12.1 Å². The Hall–Kier alpha value is -3.79. The molecule has 0 aliphatic carbocycles. The van der Waals surface area contributed by atoms with Gasteiger partial charge in [0, 0.05) is 35.8 Å². The number of hydrogen-bond donors (Lipinski definition) is 1. The van der Waals surface area contributed by atoms with Crippen molar-refractivity contribution in [2.24, 2.45) is 0 Å². The Labute approximate surface area is 159 Å². The zero-order chi connectivity index (χ0) is 20.1. The lowest BCUT2D eigenvalue weighted by atomic mass is 10.2. The minimum absolute atomic E-state index is 0.0352. The maximum atomic E-state index is 12.3. The molecule has 142 valence electrons. The molecular formula is C18H13N3O6S. The lowest BCUT2D eigenvalue weighted by molar-refractivity contribution is -0.385. The average molecular weight is 399 g/mol. The largest absolute Gasteiger partial charge is 0.379 e. The van der Waals surface area contributed by atoms with Crippen LogP contribution in [-0.4, -0.2) is 24.2 Å². The first-order chi connectivity index (χ1) is 13.3. The number of benzene rings is 2. The van der Waals surface area contributed by atoms with Gasteiger partial charge in [-0.25, -0.2) is 0 Å². The van der Waals surface area contributed by atoms with E-state index in [1.807, 2.05) is 0 Å². The topological polar surface area (TPSA) is 128 Å². The van der Waals surface area contributed by atoms with Crippen molar-refractivity contribution in [1.82, 2.24) is 4.98 Å². The molecule has 0 bridgehead atoms. The Morgan fingerprint density at radius 3 is 2.36 bits per heavy atom. The van der Waals surface area contributed by atoms with Gasteiger partial charge >= 0.3 is 10.1 Å².